The maximum Gasteiger partial charge on any atom is 0.261 e. The fraction of sp³-hybridized carbons (Fsp3) is 0.208. The van der Waals surface area contributed by atoms with Crippen molar-refractivity contribution in [3.05, 3.63) is 66.7 Å². The van der Waals surface area contributed by atoms with Gasteiger partial charge in [0.05, 0.1) is 24.8 Å². The number of nitrogens with zero attached hydrogens (tertiary/aromatic N) is 1. The van der Waals surface area contributed by atoms with Crippen LogP contribution in [0.4, 0.5) is 11.4 Å². The van der Waals surface area contributed by atoms with Gasteiger partial charge in [0, 0.05) is 24.7 Å². The molecule has 0 atom stereocenters. The van der Waals surface area contributed by atoms with Crippen LogP contribution in [0.15, 0.2) is 71.6 Å². The average Bonchev–Trinajstić information content (AvgIpc) is 3.25. The van der Waals surface area contributed by atoms with Crippen molar-refractivity contribution in [2.75, 3.05) is 30.4 Å². The Labute approximate surface area is 192 Å². The lowest BCUT2D eigenvalue weighted by atomic mass is 10.2. The molecule has 172 valence electrons. The van der Waals surface area contributed by atoms with Gasteiger partial charge >= 0.3 is 0 Å². The van der Waals surface area contributed by atoms with Crippen molar-refractivity contribution >= 4 is 27.3 Å². The SMILES string of the molecule is COc1ccc(Oc2cc(NS(=O)(=O)c3ccc(N4CCCC4=O)cc3)ccc2OC)cc1. The Morgan fingerprint density at radius 1 is 0.848 bits per heavy atom. The Hall–Kier alpha value is -3.72. The van der Waals surface area contributed by atoms with Crippen molar-refractivity contribution < 1.29 is 27.4 Å². The predicted octanol–water partition coefficient (Wildman–Crippen LogP) is 4.42. The Balaban J connectivity index is 1.53. The molecule has 1 aliphatic rings. The minimum Gasteiger partial charge on any atom is -0.497 e. The number of benzene rings is 3. The van der Waals surface area contributed by atoms with Crippen molar-refractivity contribution in [2.45, 2.75) is 17.7 Å². The minimum absolute atomic E-state index is 0.0476. The van der Waals surface area contributed by atoms with Crippen LogP contribution in [0.1, 0.15) is 12.8 Å². The number of sulfonamides is 1. The summed E-state index contributed by atoms with van der Waals surface area (Å²) in [5.41, 5.74) is 1.01. The zero-order valence-electron chi connectivity index (χ0n) is 18.3. The molecule has 3 aromatic carbocycles. The maximum atomic E-state index is 12.9. The second kappa shape index (κ2) is 9.41. The minimum atomic E-state index is -3.85. The highest BCUT2D eigenvalue weighted by Crippen LogP contribution is 2.35. The largest absolute Gasteiger partial charge is 0.497 e. The molecule has 1 N–H and O–H groups in total. The lowest BCUT2D eigenvalue weighted by Gasteiger charge is -2.16. The molecule has 0 aliphatic carbocycles. The molecule has 1 saturated heterocycles. The molecule has 3 aromatic rings. The van der Waals surface area contributed by atoms with Gasteiger partial charge < -0.3 is 19.1 Å². The van der Waals surface area contributed by atoms with E-state index in [1.807, 2.05) is 0 Å². The summed E-state index contributed by atoms with van der Waals surface area (Å²) in [6.45, 7) is 0.645. The molecule has 0 radical (unpaired) electrons. The van der Waals surface area contributed by atoms with Crippen LogP contribution in [0.2, 0.25) is 0 Å². The highest BCUT2D eigenvalue weighted by molar-refractivity contribution is 7.92. The number of carbonyl (C=O) groups is 1. The fourth-order valence-electron chi connectivity index (χ4n) is 3.53. The first-order valence-corrected chi connectivity index (χ1v) is 11.8. The standard InChI is InChI=1S/C24H24N2O6S/c1-30-19-8-10-20(11-9-19)32-23-16-17(5-14-22(23)31-2)25-33(28,29)21-12-6-18(7-13-21)26-15-3-4-24(26)27/h5-14,16,25H,3-4,15H2,1-2H3. The molecule has 8 nitrogen and oxygen atoms in total. The molecule has 4 rings (SSSR count). The number of ether oxygens (including phenoxy) is 3. The lowest BCUT2D eigenvalue weighted by molar-refractivity contribution is -0.117. The summed E-state index contributed by atoms with van der Waals surface area (Å²) in [6.07, 6.45) is 1.32. The smallest absolute Gasteiger partial charge is 0.261 e. The van der Waals surface area contributed by atoms with Gasteiger partial charge in [-0.05, 0) is 67.1 Å². The highest BCUT2D eigenvalue weighted by atomic mass is 32.2. The van der Waals surface area contributed by atoms with Crippen LogP contribution in [-0.4, -0.2) is 35.1 Å². The van der Waals surface area contributed by atoms with Crippen molar-refractivity contribution in [1.82, 2.24) is 0 Å². The van der Waals surface area contributed by atoms with E-state index >= 15 is 0 Å². The second-order valence-electron chi connectivity index (χ2n) is 7.39. The molecular formula is C24H24N2O6S. The zero-order valence-corrected chi connectivity index (χ0v) is 19.1. The summed E-state index contributed by atoms with van der Waals surface area (Å²) in [4.78, 5) is 13.7. The predicted molar refractivity (Wildman–Crippen MR) is 125 cm³/mol. The van der Waals surface area contributed by atoms with Gasteiger partial charge in [-0.15, -0.1) is 0 Å². The number of hydrogen-bond donors (Lipinski definition) is 1. The maximum absolute atomic E-state index is 12.9. The number of carbonyl (C=O) groups excluding carboxylic acids is 1. The summed E-state index contributed by atoms with van der Waals surface area (Å²) >= 11 is 0. The third-order valence-corrected chi connectivity index (χ3v) is 6.63. The van der Waals surface area contributed by atoms with Gasteiger partial charge in [-0.25, -0.2) is 8.42 Å². The Morgan fingerprint density at radius 3 is 2.15 bits per heavy atom. The van der Waals surface area contributed by atoms with Crippen LogP contribution in [0, 0.1) is 0 Å². The van der Waals surface area contributed by atoms with E-state index < -0.39 is 10.0 Å². The van der Waals surface area contributed by atoms with Crippen molar-refractivity contribution in [3.8, 4) is 23.0 Å². The van der Waals surface area contributed by atoms with Crippen LogP contribution in [0.5, 0.6) is 23.0 Å². The number of nitrogens with one attached hydrogen (secondary N) is 1. The number of hydrogen-bond acceptors (Lipinski definition) is 6. The summed E-state index contributed by atoms with van der Waals surface area (Å²) in [5, 5.41) is 0. The van der Waals surface area contributed by atoms with E-state index in [9.17, 15) is 13.2 Å². The zero-order chi connectivity index (χ0) is 23.4. The van der Waals surface area contributed by atoms with Gasteiger partial charge in [-0.1, -0.05) is 0 Å². The Bertz CT molecular complexity index is 1240. The van der Waals surface area contributed by atoms with E-state index in [0.29, 0.717) is 47.3 Å². The molecule has 1 fully saturated rings. The Kier molecular flexibility index (Phi) is 6.41. The fourth-order valence-corrected chi connectivity index (χ4v) is 4.58. The molecule has 0 aromatic heterocycles. The molecule has 0 unspecified atom stereocenters. The summed E-state index contributed by atoms with van der Waals surface area (Å²) in [6, 6.07) is 18.0. The van der Waals surface area contributed by atoms with Crippen LogP contribution in [0.25, 0.3) is 0 Å². The monoisotopic (exact) mass is 468 g/mol. The molecule has 1 heterocycles. The van der Waals surface area contributed by atoms with Crippen molar-refractivity contribution in [1.29, 1.82) is 0 Å². The molecule has 0 bridgehead atoms. The molecule has 1 amide bonds. The number of rotatable bonds is 8. The molecular weight excluding hydrogens is 444 g/mol. The van der Waals surface area contributed by atoms with Crippen molar-refractivity contribution in [2.24, 2.45) is 0 Å². The van der Waals surface area contributed by atoms with Gasteiger partial charge in [-0.2, -0.15) is 0 Å². The van der Waals surface area contributed by atoms with Gasteiger partial charge in [0.25, 0.3) is 10.0 Å². The van der Waals surface area contributed by atoms with E-state index in [4.69, 9.17) is 14.2 Å². The summed E-state index contributed by atoms with van der Waals surface area (Å²) in [5.74, 6) is 2.09. The quantitative estimate of drug-likeness (QED) is 0.526. The molecule has 0 saturated carbocycles. The summed E-state index contributed by atoms with van der Waals surface area (Å²) in [7, 11) is -0.768. The number of amides is 1. The van der Waals surface area contributed by atoms with Crippen LogP contribution in [0.3, 0.4) is 0 Å². The van der Waals surface area contributed by atoms with Crippen LogP contribution < -0.4 is 23.8 Å². The van der Waals surface area contributed by atoms with E-state index in [-0.39, 0.29) is 10.8 Å². The van der Waals surface area contributed by atoms with Gasteiger partial charge in [-0.3, -0.25) is 9.52 Å². The van der Waals surface area contributed by atoms with Crippen LogP contribution >= 0.6 is 0 Å². The third-order valence-electron chi connectivity index (χ3n) is 5.24. The van der Waals surface area contributed by atoms with Gasteiger partial charge in [0.2, 0.25) is 5.91 Å². The highest BCUT2D eigenvalue weighted by Gasteiger charge is 2.22. The van der Waals surface area contributed by atoms with Crippen molar-refractivity contribution in [3.63, 3.8) is 0 Å². The van der Waals surface area contributed by atoms with E-state index in [0.717, 1.165) is 6.42 Å². The van der Waals surface area contributed by atoms with E-state index in [1.54, 1.807) is 66.6 Å². The van der Waals surface area contributed by atoms with E-state index in [1.165, 1.54) is 19.2 Å². The average molecular weight is 469 g/mol. The number of anilines is 2. The molecule has 0 spiro atoms. The molecule has 33 heavy (non-hydrogen) atoms. The third kappa shape index (κ3) is 5.04. The first kappa shape index (κ1) is 22.5. The van der Waals surface area contributed by atoms with Crippen LogP contribution in [-0.2, 0) is 14.8 Å². The topological polar surface area (TPSA) is 94.2 Å². The summed E-state index contributed by atoms with van der Waals surface area (Å²) < 4.78 is 44.8. The first-order valence-electron chi connectivity index (χ1n) is 10.3. The Morgan fingerprint density at radius 2 is 1.55 bits per heavy atom. The van der Waals surface area contributed by atoms with Gasteiger partial charge in [0.15, 0.2) is 11.5 Å². The lowest BCUT2D eigenvalue weighted by Crippen LogP contribution is -2.23. The first-order chi connectivity index (χ1) is 15.9. The second-order valence-corrected chi connectivity index (χ2v) is 9.07. The number of methoxy groups -OCH3 is 2. The van der Waals surface area contributed by atoms with E-state index in [2.05, 4.69) is 4.72 Å². The normalized spacial score (nSPS) is 13.6. The van der Waals surface area contributed by atoms with Gasteiger partial charge in [0.1, 0.15) is 11.5 Å². The molecule has 1 aliphatic heterocycles. The molecule has 9 heteroatoms.